The van der Waals surface area contributed by atoms with E-state index in [4.69, 9.17) is 21.1 Å². The van der Waals surface area contributed by atoms with E-state index in [2.05, 4.69) is 4.72 Å². The van der Waals surface area contributed by atoms with Gasteiger partial charge in [-0.25, -0.2) is 8.42 Å². The number of ether oxygens (including phenoxy) is 2. The SMILES string of the molecule is CCOc1ccc(S(=O)(=O)Nc2ccc(Oc3ccccc3)cc2)cc1Cl. The summed E-state index contributed by atoms with van der Waals surface area (Å²) in [5, 5.41) is 0.242. The van der Waals surface area contributed by atoms with Crippen LogP contribution in [0.3, 0.4) is 0 Å². The molecule has 0 aromatic heterocycles. The normalized spacial score (nSPS) is 11.0. The predicted molar refractivity (Wildman–Crippen MR) is 106 cm³/mol. The number of hydrogen-bond donors (Lipinski definition) is 1. The van der Waals surface area contributed by atoms with E-state index in [0.717, 1.165) is 0 Å². The van der Waals surface area contributed by atoms with E-state index >= 15 is 0 Å². The Morgan fingerprint density at radius 3 is 2.22 bits per heavy atom. The van der Waals surface area contributed by atoms with Crippen LogP contribution in [0, 0.1) is 0 Å². The number of halogens is 1. The van der Waals surface area contributed by atoms with Crippen molar-refractivity contribution in [3.8, 4) is 17.2 Å². The Morgan fingerprint density at radius 1 is 0.926 bits per heavy atom. The van der Waals surface area contributed by atoms with Gasteiger partial charge in [-0.1, -0.05) is 29.8 Å². The third-order valence-electron chi connectivity index (χ3n) is 3.60. The first-order valence-electron chi connectivity index (χ1n) is 8.26. The second-order valence-corrected chi connectivity index (χ2v) is 7.66. The van der Waals surface area contributed by atoms with E-state index in [1.165, 1.54) is 18.2 Å². The summed E-state index contributed by atoms with van der Waals surface area (Å²) in [6.45, 7) is 2.27. The number of anilines is 1. The van der Waals surface area contributed by atoms with Gasteiger partial charge in [-0.3, -0.25) is 4.72 Å². The van der Waals surface area contributed by atoms with Gasteiger partial charge in [-0.15, -0.1) is 0 Å². The van der Waals surface area contributed by atoms with Crippen molar-refractivity contribution in [1.29, 1.82) is 0 Å². The van der Waals surface area contributed by atoms with E-state index in [9.17, 15) is 8.42 Å². The minimum absolute atomic E-state index is 0.0561. The average molecular weight is 404 g/mol. The van der Waals surface area contributed by atoms with Gasteiger partial charge in [-0.05, 0) is 61.5 Å². The van der Waals surface area contributed by atoms with Crippen molar-refractivity contribution in [3.63, 3.8) is 0 Å². The van der Waals surface area contributed by atoms with Crippen molar-refractivity contribution in [1.82, 2.24) is 0 Å². The molecule has 7 heteroatoms. The highest BCUT2D eigenvalue weighted by molar-refractivity contribution is 7.92. The first-order chi connectivity index (χ1) is 13.0. The first kappa shape index (κ1) is 19.1. The summed E-state index contributed by atoms with van der Waals surface area (Å²) in [5.74, 6) is 1.75. The van der Waals surface area contributed by atoms with Crippen LogP contribution in [0.5, 0.6) is 17.2 Å². The number of benzene rings is 3. The monoisotopic (exact) mass is 403 g/mol. The fourth-order valence-electron chi connectivity index (χ4n) is 2.35. The second-order valence-electron chi connectivity index (χ2n) is 5.57. The Hall–Kier alpha value is -2.70. The summed E-state index contributed by atoms with van der Waals surface area (Å²) in [5.41, 5.74) is 0.417. The van der Waals surface area contributed by atoms with Gasteiger partial charge in [0.15, 0.2) is 0 Å². The smallest absolute Gasteiger partial charge is 0.261 e. The van der Waals surface area contributed by atoms with Crippen LogP contribution in [-0.2, 0) is 10.0 Å². The molecule has 0 fully saturated rings. The number of nitrogens with one attached hydrogen (secondary N) is 1. The van der Waals surface area contributed by atoms with Crippen LogP contribution in [0.1, 0.15) is 6.92 Å². The highest BCUT2D eigenvalue weighted by Crippen LogP contribution is 2.29. The molecule has 0 aliphatic carbocycles. The molecule has 3 aromatic rings. The highest BCUT2D eigenvalue weighted by atomic mass is 35.5. The summed E-state index contributed by atoms with van der Waals surface area (Å²) in [7, 11) is -3.77. The van der Waals surface area contributed by atoms with E-state index < -0.39 is 10.0 Å². The molecule has 0 saturated carbocycles. The molecule has 0 aliphatic heterocycles. The topological polar surface area (TPSA) is 64.6 Å². The van der Waals surface area contributed by atoms with Crippen LogP contribution >= 0.6 is 11.6 Å². The van der Waals surface area contributed by atoms with Crippen LogP contribution in [-0.4, -0.2) is 15.0 Å². The maximum Gasteiger partial charge on any atom is 0.261 e. The quantitative estimate of drug-likeness (QED) is 0.578. The average Bonchev–Trinajstić information content (AvgIpc) is 2.66. The van der Waals surface area contributed by atoms with Gasteiger partial charge in [0, 0.05) is 5.69 Å². The molecule has 0 heterocycles. The Labute approximate surface area is 163 Å². The molecule has 0 atom stereocenters. The largest absolute Gasteiger partial charge is 0.492 e. The molecular formula is C20H18ClNO4S. The Kier molecular flexibility index (Phi) is 5.88. The minimum atomic E-state index is -3.77. The predicted octanol–water partition coefficient (Wildman–Crippen LogP) is 5.33. The van der Waals surface area contributed by atoms with Gasteiger partial charge in [-0.2, -0.15) is 0 Å². The number of rotatable bonds is 7. The summed E-state index contributed by atoms with van der Waals surface area (Å²) >= 11 is 6.08. The lowest BCUT2D eigenvalue weighted by molar-refractivity contribution is 0.340. The molecule has 1 N–H and O–H groups in total. The summed E-state index contributed by atoms with van der Waals surface area (Å²) < 4.78 is 38.7. The fraction of sp³-hybridized carbons (Fsp3) is 0.100. The van der Waals surface area contributed by atoms with E-state index in [-0.39, 0.29) is 9.92 Å². The standard InChI is InChI=1S/C20H18ClNO4S/c1-2-25-20-13-12-18(14-19(20)21)27(23,24)22-15-8-10-17(11-9-15)26-16-6-4-3-5-7-16/h3-14,22H,2H2,1H3. The first-order valence-corrected chi connectivity index (χ1v) is 10.1. The van der Waals surface area contributed by atoms with Crippen LogP contribution < -0.4 is 14.2 Å². The van der Waals surface area contributed by atoms with E-state index in [1.54, 1.807) is 24.3 Å². The molecule has 0 amide bonds. The van der Waals surface area contributed by atoms with Gasteiger partial charge in [0.05, 0.1) is 16.5 Å². The van der Waals surface area contributed by atoms with Crippen molar-refractivity contribution < 1.29 is 17.9 Å². The molecule has 0 bridgehead atoms. The van der Waals surface area contributed by atoms with Crippen LogP contribution in [0.2, 0.25) is 5.02 Å². The van der Waals surface area contributed by atoms with Crippen LogP contribution in [0.4, 0.5) is 5.69 Å². The third-order valence-corrected chi connectivity index (χ3v) is 5.27. The van der Waals surface area contributed by atoms with Crippen molar-refractivity contribution in [2.75, 3.05) is 11.3 Å². The van der Waals surface area contributed by atoms with Gasteiger partial charge in [0.25, 0.3) is 10.0 Å². The zero-order valence-corrected chi connectivity index (χ0v) is 16.1. The molecule has 140 valence electrons. The van der Waals surface area contributed by atoms with Crippen molar-refractivity contribution in [2.45, 2.75) is 11.8 Å². The Balaban J connectivity index is 1.73. The fourth-order valence-corrected chi connectivity index (χ4v) is 3.74. The molecule has 27 heavy (non-hydrogen) atoms. The van der Waals surface area contributed by atoms with Gasteiger partial charge >= 0.3 is 0 Å². The van der Waals surface area contributed by atoms with Crippen molar-refractivity contribution >= 4 is 27.3 Å². The second kappa shape index (κ2) is 8.33. The lowest BCUT2D eigenvalue weighted by Gasteiger charge is -2.11. The molecular weight excluding hydrogens is 386 g/mol. The molecule has 3 aromatic carbocycles. The molecule has 5 nitrogen and oxygen atoms in total. The number of sulfonamides is 1. The van der Waals surface area contributed by atoms with Gasteiger partial charge in [0.1, 0.15) is 17.2 Å². The van der Waals surface area contributed by atoms with E-state index in [0.29, 0.717) is 29.5 Å². The number of hydrogen-bond acceptors (Lipinski definition) is 4. The summed E-state index contributed by atoms with van der Waals surface area (Å²) in [6, 6.07) is 20.3. The molecule has 0 spiro atoms. The van der Waals surface area contributed by atoms with Gasteiger partial charge < -0.3 is 9.47 Å². The minimum Gasteiger partial charge on any atom is -0.492 e. The third kappa shape index (κ3) is 4.93. The van der Waals surface area contributed by atoms with E-state index in [1.807, 2.05) is 37.3 Å². The summed E-state index contributed by atoms with van der Waals surface area (Å²) in [6.07, 6.45) is 0. The number of para-hydroxylation sites is 1. The van der Waals surface area contributed by atoms with Crippen LogP contribution in [0.15, 0.2) is 77.7 Å². The molecule has 3 rings (SSSR count). The maximum atomic E-state index is 12.6. The Bertz CT molecular complexity index is 1010. The Morgan fingerprint density at radius 2 is 1.59 bits per heavy atom. The lowest BCUT2D eigenvalue weighted by Crippen LogP contribution is -2.13. The van der Waals surface area contributed by atoms with Crippen molar-refractivity contribution in [2.24, 2.45) is 0 Å². The zero-order valence-electron chi connectivity index (χ0n) is 14.6. The van der Waals surface area contributed by atoms with Gasteiger partial charge in [0.2, 0.25) is 0 Å². The maximum absolute atomic E-state index is 12.6. The summed E-state index contributed by atoms with van der Waals surface area (Å²) in [4.78, 5) is 0.0561. The molecule has 0 aliphatic rings. The molecule has 0 unspecified atom stereocenters. The molecule has 0 radical (unpaired) electrons. The highest BCUT2D eigenvalue weighted by Gasteiger charge is 2.16. The van der Waals surface area contributed by atoms with Crippen molar-refractivity contribution in [3.05, 3.63) is 77.8 Å². The zero-order chi connectivity index (χ0) is 19.3. The molecule has 0 saturated heterocycles. The van der Waals surface area contributed by atoms with Crippen LogP contribution in [0.25, 0.3) is 0 Å². The lowest BCUT2D eigenvalue weighted by atomic mass is 10.3.